The first-order valence-corrected chi connectivity index (χ1v) is 12.3. The van der Waals surface area contributed by atoms with Crippen LogP contribution in [0.15, 0.2) is 24.4 Å². The second-order valence-corrected chi connectivity index (χ2v) is 10.9. The van der Waals surface area contributed by atoms with Gasteiger partial charge in [0.2, 0.25) is 10.1 Å². The van der Waals surface area contributed by atoms with Crippen LogP contribution in [0.25, 0.3) is 16.2 Å². The molecule has 0 radical (unpaired) electrons. The first kappa shape index (κ1) is 21.0. The fraction of sp³-hybridized carbons (Fsp3) is 0.474. The predicted molar refractivity (Wildman–Crippen MR) is 113 cm³/mol. The number of aliphatic hydroxyl groups is 1. The average molecular weight is 455 g/mol. The van der Waals surface area contributed by atoms with Crippen LogP contribution < -0.4 is 9.64 Å². The molecule has 1 fully saturated rings. The minimum atomic E-state index is -3.18. The summed E-state index contributed by atoms with van der Waals surface area (Å²) in [5.41, 5.74) is 0.784. The van der Waals surface area contributed by atoms with E-state index < -0.39 is 15.3 Å². The molecule has 1 aromatic carbocycles. The number of aliphatic hydroxyl groups excluding tert-OH is 1. The molecule has 1 saturated heterocycles. The van der Waals surface area contributed by atoms with Crippen LogP contribution in [0.1, 0.15) is 12.8 Å². The lowest BCUT2D eigenvalue weighted by molar-refractivity contribution is 0.117. The Labute approximate surface area is 177 Å². The predicted octanol–water partition coefficient (Wildman–Crippen LogP) is 2.23. The molecule has 4 rings (SSSR count). The van der Waals surface area contributed by atoms with Gasteiger partial charge >= 0.3 is 0 Å². The van der Waals surface area contributed by atoms with E-state index in [0.717, 1.165) is 5.13 Å². The fourth-order valence-electron chi connectivity index (χ4n) is 3.95. The van der Waals surface area contributed by atoms with E-state index in [4.69, 9.17) is 4.74 Å². The molecule has 11 heteroatoms. The molecule has 2 aromatic heterocycles. The first-order valence-electron chi connectivity index (χ1n) is 9.46. The summed E-state index contributed by atoms with van der Waals surface area (Å²) in [5, 5.41) is 15.3. The van der Waals surface area contributed by atoms with Crippen molar-refractivity contribution in [2.75, 3.05) is 43.7 Å². The summed E-state index contributed by atoms with van der Waals surface area (Å²) in [6.45, 7) is 1.05. The molecule has 1 aliphatic rings. The van der Waals surface area contributed by atoms with Gasteiger partial charge in [0.05, 0.1) is 24.8 Å². The Bertz CT molecular complexity index is 1170. The maximum Gasteiger partial charge on any atom is 0.214 e. The Kier molecular flexibility index (Phi) is 5.45. The third-order valence-electron chi connectivity index (χ3n) is 5.51. The number of imidazole rings is 1. The van der Waals surface area contributed by atoms with E-state index in [1.54, 1.807) is 16.8 Å². The van der Waals surface area contributed by atoms with Crippen LogP contribution in [0.4, 0.5) is 9.52 Å². The molecule has 162 valence electrons. The highest BCUT2D eigenvalue weighted by atomic mass is 32.2. The summed E-state index contributed by atoms with van der Waals surface area (Å²) < 4.78 is 44.1. The lowest BCUT2D eigenvalue weighted by Crippen LogP contribution is -2.45. The number of methoxy groups -OCH3 is 1. The van der Waals surface area contributed by atoms with Crippen molar-refractivity contribution in [3.05, 3.63) is 30.2 Å². The Morgan fingerprint density at radius 1 is 1.33 bits per heavy atom. The van der Waals surface area contributed by atoms with Gasteiger partial charge in [-0.15, -0.1) is 5.10 Å². The molecule has 1 N–H and O–H groups in total. The normalized spacial score (nSPS) is 16.9. The van der Waals surface area contributed by atoms with Gasteiger partial charge in [-0.25, -0.2) is 22.3 Å². The van der Waals surface area contributed by atoms with Crippen molar-refractivity contribution in [2.24, 2.45) is 5.41 Å². The van der Waals surface area contributed by atoms with Gasteiger partial charge in [0.1, 0.15) is 21.4 Å². The molecule has 0 spiro atoms. The highest BCUT2D eigenvalue weighted by Gasteiger charge is 2.37. The van der Waals surface area contributed by atoms with Gasteiger partial charge in [0, 0.05) is 43.0 Å². The Morgan fingerprint density at radius 3 is 2.70 bits per heavy atom. The number of rotatable bonds is 6. The Balaban J connectivity index is 1.59. The zero-order valence-electron chi connectivity index (χ0n) is 16.7. The van der Waals surface area contributed by atoms with Crippen molar-refractivity contribution < 1.29 is 22.7 Å². The molecule has 0 aliphatic carbocycles. The number of ether oxygens (including phenoxy) is 1. The molecule has 0 unspecified atom stereocenters. The topological polar surface area (TPSA) is 97.0 Å². The summed E-state index contributed by atoms with van der Waals surface area (Å²) in [7, 11) is -1.69. The van der Waals surface area contributed by atoms with Crippen LogP contribution >= 0.6 is 11.3 Å². The third kappa shape index (κ3) is 4.01. The molecule has 0 saturated carbocycles. The summed E-state index contributed by atoms with van der Waals surface area (Å²) in [4.78, 5) is 7.21. The summed E-state index contributed by atoms with van der Waals surface area (Å²) >= 11 is 1.43. The quantitative estimate of drug-likeness (QED) is 0.610. The number of aromatic nitrogens is 3. The number of piperidine rings is 1. The Hall–Kier alpha value is -2.24. The summed E-state index contributed by atoms with van der Waals surface area (Å²) in [6, 6.07) is 4.33. The van der Waals surface area contributed by atoms with Crippen molar-refractivity contribution in [1.29, 1.82) is 0 Å². The number of hydrogen-bond acceptors (Lipinski definition) is 8. The second kappa shape index (κ2) is 7.78. The van der Waals surface area contributed by atoms with Crippen LogP contribution in [0.3, 0.4) is 0 Å². The Morgan fingerprint density at radius 2 is 2.07 bits per heavy atom. The number of benzene rings is 1. The molecule has 8 nitrogen and oxygen atoms in total. The van der Waals surface area contributed by atoms with Crippen LogP contribution in [-0.2, 0) is 9.84 Å². The van der Waals surface area contributed by atoms with Crippen molar-refractivity contribution in [3.63, 3.8) is 0 Å². The fourth-order valence-corrected chi connectivity index (χ4v) is 6.37. The molecule has 0 atom stereocenters. The van der Waals surface area contributed by atoms with E-state index in [0.29, 0.717) is 47.9 Å². The number of anilines is 1. The maximum atomic E-state index is 13.6. The van der Waals surface area contributed by atoms with E-state index in [1.807, 2.05) is 0 Å². The number of hydrogen-bond donors (Lipinski definition) is 1. The zero-order valence-corrected chi connectivity index (χ0v) is 18.3. The first-order chi connectivity index (χ1) is 14.2. The highest BCUT2D eigenvalue weighted by Crippen LogP contribution is 2.37. The molecule has 0 bridgehead atoms. The van der Waals surface area contributed by atoms with Crippen molar-refractivity contribution in [1.82, 2.24) is 14.6 Å². The maximum absolute atomic E-state index is 13.6. The van der Waals surface area contributed by atoms with Crippen LogP contribution in [0.5, 0.6) is 5.75 Å². The molecule has 1 aliphatic heterocycles. The number of nitrogens with zero attached hydrogens (tertiary/aromatic N) is 4. The van der Waals surface area contributed by atoms with Gasteiger partial charge in [-0.3, -0.25) is 0 Å². The minimum absolute atomic E-state index is 0.0138. The van der Waals surface area contributed by atoms with Gasteiger partial charge in [-0.1, -0.05) is 11.3 Å². The summed E-state index contributed by atoms with van der Waals surface area (Å²) in [5.74, 6) is 0.00275. The number of halogens is 1. The van der Waals surface area contributed by atoms with Crippen molar-refractivity contribution in [2.45, 2.75) is 12.8 Å². The summed E-state index contributed by atoms with van der Waals surface area (Å²) in [6.07, 6.45) is 4.02. The molecular weight excluding hydrogens is 431 g/mol. The van der Waals surface area contributed by atoms with Crippen LogP contribution in [0.2, 0.25) is 0 Å². The molecule has 0 amide bonds. The number of fused-ring (bicyclic) bond motifs is 1. The van der Waals surface area contributed by atoms with Crippen LogP contribution in [0, 0.1) is 11.2 Å². The average Bonchev–Trinajstić information content (AvgIpc) is 3.28. The lowest BCUT2D eigenvalue weighted by atomic mass is 9.81. The molecule has 30 heavy (non-hydrogen) atoms. The van der Waals surface area contributed by atoms with Gasteiger partial charge in [0.25, 0.3) is 0 Å². The molecular formula is C19H23FN4O4S2. The SMILES string of the molecule is COc1cc(F)ccc1-c1cnc2sc(N3CCC(CO)(CS(C)(=O)=O)CC3)nn12. The van der Waals surface area contributed by atoms with E-state index in [2.05, 4.69) is 15.0 Å². The third-order valence-corrected chi connectivity index (χ3v) is 7.63. The van der Waals surface area contributed by atoms with Crippen molar-refractivity contribution >= 4 is 31.3 Å². The number of sulfone groups is 1. The standard InChI is InChI=1S/C19H23FN4O4S2/c1-28-16-9-13(20)3-4-14(16)15-10-21-17-24(15)22-18(29-17)23-7-5-19(11-25,6-8-23)12-30(2,26)27/h3-4,9-10,25H,5-8,11-12H2,1-2H3. The smallest absolute Gasteiger partial charge is 0.214 e. The van der Waals surface area contributed by atoms with E-state index >= 15 is 0 Å². The van der Waals surface area contributed by atoms with Crippen LogP contribution in [-0.4, -0.2) is 66.9 Å². The zero-order chi connectivity index (χ0) is 21.5. The second-order valence-electron chi connectivity index (χ2n) is 7.78. The van der Waals surface area contributed by atoms with Gasteiger partial charge < -0.3 is 14.7 Å². The minimum Gasteiger partial charge on any atom is -0.496 e. The van der Waals surface area contributed by atoms with E-state index in [9.17, 15) is 17.9 Å². The van der Waals surface area contributed by atoms with E-state index in [-0.39, 0.29) is 18.2 Å². The van der Waals surface area contributed by atoms with E-state index in [1.165, 1.54) is 36.8 Å². The largest absolute Gasteiger partial charge is 0.496 e. The molecule has 3 heterocycles. The lowest BCUT2D eigenvalue weighted by Gasteiger charge is -2.40. The monoisotopic (exact) mass is 454 g/mol. The van der Waals surface area contributed by atoms with Gasteiger partial charge in [-0.05, 0) is 25.0 Å². The van der Waals surface area contributed by atoms with Gasteiger partial charge in [-0.2, -0.15) is 0 Å². The molecule has 3 aromatic rings. The van der Waals surface area contributed by atoms with Gasteiger partial charge in [0.15, 0.2) is 0 Å². The highest BCUT2D eigenvalue weighted by molar-refractivity contribution is 7.90. The van der Waals surface area contributed by atoms with Crippen molar-refractivity contribution in [3.8, 4) is 17.0 Å².